The highest BCUT2D eigenvalue weighted by molar-refractivity contribution is 8.05. The molecule has 0 amide bonds. The molecule has 0 saturated carbocycles. The number of carboxylic acids is 1. The van der Waals surface area contributed by atoms with Crippen molar-refractivity contribution < 1.29 is 14.3 Å². The third kappa shape index (κ3) is 3.83. The highest BCUT2D eigenvalue weighted by Crippen LogP contribution is 2.35. The molecule has 0 bridgehead atoms. The second kappa shape index (κ2) is 7.72. The van der Waals surface area contributed by atoms with Gasteiger partial charge < -0.3 is 9.52 Å². The van der Waals surface area contributed by atoms with E-state index in [2.05, 4.69) is 11.1 Å². The van der Waals surface area contributed by atoms with Crippen molar-refractivity contribution in [2.45, 2.75) is 4.34 Å². The molecule has 2 aromatic heterocycles. The Bertz CT molecular complexity index is 1200. The number of hydrogen-bond acceptors (Lipinski definition) is 6. The molecule has 0 spiro atoms. The van der Waals surface area contributed by atoms with E-state index in [1.807, 2.05) is 24.3 Å². The van der Waals surface area contributed by atoms with Crippen molar-refractivity contribution >= 4 is 45.4 Å². The first kappa shape index (κ1) is 18.0. The predicted molar refractivity (Wildman–Crippen MR) is 110 cm³/mol. The first-order valence-electron chi connectivity index (χ1n) is 8.21. The molecule has 0 fully saturated rings. The lowest BCUT2D eigenvalue weighted by Gasteiger charge is -1.98. The summed E-state index contributed by atoms with van der Waals surface area (Å²) in [7, 11) is 0. The highest BCUT2D eigenvalue weighted by atomic mass is 32.2. The van der Waals surface area contributed by atoms with Gasteiger partial charge in [-0.15, -0.1) is 11.3 Å². The summed E-state index contributed by atoms with van der Waals surface area (Å²) in [6.45, 7) is 0. The minimum absolute atomic E-state index is 0.217. The van der Waals surface area contributed by atoms with Gasteiger partial charge in [-0.1, -0.05) is 24.3 Å². The zero-order valence-electron chi connectivity index (χ0n) is 14.3. The fourth-order valence-corrected chi connectivity index (χ4v) is 4.52. The average molecular weight is 404 g/mol. The molecule has 2 aromatic carbocycles. The molecule has 1 N–H and O–H groups in total. The second-order valence-electron chi connectivity index (χ2n) is 5.75. The molecule has 2 heterocycles. The van der Waals surface area contributed by atoms with E-state index in [0.29, 0.717) is 16.4 Å². The Labute approximate surface area is 168 Å². The molecule has 4 aromatic rings. The Morgan fingerprint density at radius 1 is 1.14 bits per heavy atom. The predicted octanol–water partition coefficient (Wildman–Crippen LogP) is 5.91. The van der Waals surface area contributed by atoms with Crippen molar-refractivity contribution in [3.63, 3.8) is 0 Å². The van der Waals surface area contributed by atoms with E-state index in [9.17, 15) is 10.1 Å². The number of nitriles is 1. The molecule has 7 heteroatoms. The number of benzene rings is 2. The van der Waals surface area contributed by atoms with E-state index >= 15 is 0 Å². The number of carboxylic acid groups (broad SMARTS) is 1. The molecule has 0 unspecified atom stereocenters. The molecule has 28 heavy (non-hydrogen) atoms. The molecule has 136 valence electrons. The molecule has 0 atom stereocenters. The van der Waals surface area contributed by atoms with Crippen LogP contribution in [0.4, 0.5) is 0 Å². The van der Waals surface area contributed by atoms with Gasteiger partial charge in [-0.2, -0.15) is 5.26 Å². The van der Waals surface area contributed by atoms with Crippen molar-refractivity contribution in [3.05, 3.63) is 76.9 Å². The SMILES string of the molecule is N#C/C(=C\c1ccc(-c2ccc(C(=O)O)cc2)o1)Sc1nc2ccccc2s1. The molecule has 0 aliphatic carbocycles. The maximum atomic E-state index is 10.9. The summed E-state index contributed by atoms with van der Waals surface area (Å²) in [4.78, 5) is 15.9. The smallest absolute Gasteiger partial charge is 0.335 e. The van der Waals surface area contributed by atoms with Gasteiger partial charge in [0.25, 0.3) is 0 Å². The third-order valence-corrected chi connectivity index (χ3v) is 5.92. The molecule has 4 rings (SSSR count). The van der Waals surface area contributed by atoms with Crippen molar-refractivity contribution in [2.24, 2.45) is 0 Å². The van der Waals surface area contributed by atoms with Gasteiger partial charge in [0.1, 0.15) is 17.6 Å². The van der Waals surface area contributed by atoms with Crippen molar-refractivity contribution in [2.75, 3.05) is 0 Å². The average Bonchev–Trinajstić information content (AvgIpc) is 3.34. The standard InChI is InChI=1S/C21H12N2O3S2/c22-12-16(27-21-23-17-3-1-2-4-19(17)28-21)11-15-9-10-18(26-15)13-5-7-14(8-6-13)20(24)25/h1-11H,(H,24,25)/b16-11+. The van der Waals surface area contributed by atoms with Gasteiger partial charge in [0.05, 0.1) is 20.7 Å². The van der Waals surface area contributed by atoms with Crippen molar-refractivity contribution in [1.29, 1.82) is 5.26 Å². The van der Waals surface area contributed by atoms with Gasteiger partial charge in [-0.25, -0.2) is 9.78 Å². The van der Waals surface area contributed by atoms with E-state index < -0.39 is 5.97 Å². The van der Waals surface area contributed by atoms with Crippen LogP contribution in [0.2, 0.25) is 0 Å². The molecule has 0 saturated heterocycles. The summed E-state index contributed by atoms with van der Waals surface area (Å²) in [5.74, 6) is 0.174. The van der Waals surface area contributed by atoms with Gasteiger partial charge in [0.15, 0.2) is 4.34 Å². The number of aromatic carboxylic acids is 1. The van der Waals surface area contributed by atoms with Gasteiger partial charge in [-0.3, -0.25) is 0 Å². The van der Waals surface area contributed by atoms with Crippen LogP contribution in [0.1, 0.15) is 16.1 Å². The zero-order valence-corrected chi connectivity index (χ0v) is 16.0. The van der Waals surface area contributed by atoms with Crippen LogP contribution in [-0.2, 0) is 0 Å². The number of para-hydroxylation sites is 1. The number of allylic oxidation sites excluding steroid dienone is 1. The van der Waals surface area contributed by atoms with E-state index in [1.165, 1.54) is 35.2 Å². The molecular formula is C21H12N2O3S2. The number of nitrogens with zero attached hydrogens (tertiary/aromatic N) is 2. The van der Waals surface area contributed by atoms with Crippen LogP contribution >= 0.6 is 23.1 Å². The summed E-state index contributed by atoms with van der Waals surface area (Å²) < 4.78 is 7.67. The summed E-state index contributed by atoms with van der Waals surface area (Å²) in [5.41, 5.74) is 1.90. The fraction of sp³-hybridized carbons (Fsp3) is 0. The number of aromatic nitrogens is 1. The van der Waals surface area contributed by atoms with Gasteiger partial charge in [0.2, 0.25) is 0 Å². The summed E-state index contributed by atoms with van der Waals surface area (Å²) in [6, 6.07) is 20.0. The van der Waals surface area contributed by atoms with Crippen LogP contribution in [0.15, 0.2) is 74.3 Å². The van der Waals surface area contributed by atoms with Crippen LogP contribution < -0.4 is 0 Å². The molecule has 5 nitrogen and oxygen atoms in total. The Kier molecular flexibility index (Phi) is 4.98. The number of furan rings is 1. The van der Waals surface area contributed by atoms with Crippen LogP contribution in [0.3, 0.4) is 0 Å². The topological polar surface area (TPSA) is 87.1 Å². The van der Waals surface area contributed by atoms with E-state index in [1.54, 1.807) is 30.3 Å². The number of rotatable bonds is 5. The zero-order chi connectivity index (χ0) is 19.5. The Morgan fingerprint density at radius 2 is 1.93 bits per heavy atom. The van der Waals surface area contributed by atoms with Crippen molar-refractivity contribution in [3.8, 4) is 17.4 Å². The lowest BCUT2D eigenvalue weighted by atomic mass is 10.1. The summed E-state index contributed by atoms with van der Waals surface area (Å²) in [6.07, 6.45) is 1.67. The number of hydrogen-bond donors (Lipinski definition) is 1. The highest BCUT2D eigenvalue weighted by Gasteiger charge is 2.10. The van der Waals surface area contributed by atoms with E-state index in [0.717, 1.165) is 20.1 Å². The molecule has 0 radical (unpaired) electrons. The quantitative estimate of drug-likeness (QED) is 0.329. The number of thiazole rings is 1. The third-order valence-electron chi connectivity index (χ3n) is 3.90. The maximum absolute atomic E-state index is 10.9. The van der Waals surface area contributed by atoms with Gasteiger partial charge >= 0.3 is 5.97 Å². The normalized spacial score (nSPS) is 11.5. The minimum Gasteiger partial charge on any atom is -0.478 e. The lowest BCUT2D eigenvalue weighted by molar-refractivity contribution is 0.0697. The molecular weight excluding hydrogens is 392 g/mol. The number of carbonyl (C=O) groups is 1. The second-order valence-corrected chi connectivity index (χ2v) is 8.07. The molecule has 0 aliphatic heterocycles. The van der Waals surface area contributed by atoms with Crippen LogP contribution in [0.25, 0.3) is 27.6 Å². The Morgan fingerprint density at radius 3 is 2.64 bits per heavy atom. The lowest BCUT2D eigenvalue weighted by Crippen LogP contribution is -1.94. The minimum atomic E-state index is -0.972. The Hall–Kier alpha value is -3.34. The van der Waals surface area contributed by atoms with Crippen LogP contribution in [-0.4, -0.2) is 16.1 Å². The monoisotopic (exact) mass is 404 g/mol. The summed E-state index contributed by atoms with van der Waals surface area (Å²) >= 11 is 2.84. The summed E-state index contributed by atoms with van der Waals surface area (Å²) in [5, 5.41) is 18.4. The van der Waals surface area contributed by atoms with E-state index in [-0.39, 0.29) is 5.56 Å². The Balaban J connectivity index is 1.55. The van der Waals surface area contributed by atoms with Crippen LogP contribution in [0, 0.1) is 11.3 Å². The van der Waals surface area contributed by atoms with Crippen molar-refractivity contribution in [1.82, 2.24) is 4.98 Å². The maximum Gasteiger partial charge on any atom is 0.335 e. The molecule has 0 aliphatic rings. The van der Waals surface area contributed by atoms with Gasteiger partial charge in [0, 0.05) is 11.6 Å². The largest absolute Gasteiger partial charge is 0.478 e. The van der Waals surface area contributed by atoms with Crippen LogP contribution in [0.5, 0.6) is 0 Å². The first-order chi connectivity index (χ1) is 13.6. The number of thioether (sulfide) groups is 1. The van der Waals surface area contributed by atoms with E-state index in [4.69, 9.17) is 9.52 Å². The number of fused-ring (bicyclic) bond motifs is 1. The fourth-order valence-electron chi connectivity index (χ4n) is 2.57. The first-order valence-corrected chi connectivity index (χ1v) is 9.84. The van der Waals surface area contributed by atoms with Gasteiger partial charge in [-0.05, 0) is 48.2 Å².